The molecule has 0 radical (unpaired) electrons. The van der Waals surface area contributed by atoms with E-state index >= 15 is 0 Å². The van der Waals surface area contributed by atoms with Gasteiger partial charge in [0.15, 0.2) is 6.61 Å². The standard InChI is InChI=1S/C19H21NO4/c1-3-15(14-9-5-4-6-10-14)19(22)24-13-18(21)20-16-11-7-8-12-17(16)23-2/h4-12,15H,3,13H2,1-2H3,(H,20,21). The maximum absolute atomic E-state index is 12.2. The van der Waals surface area contributed by atoms with Gasteiger partial charge in [0.2, 0.25) is 0 Å². The fourth-order valence-electron chi connectivity index (χ4n) is 2.40. The molecule has 0 heterocycles. The number of carbonyl (C=O) groups is 2. The predicted octanol–water partition coefficient (Wildman–Crippen LogP) is 3.37. The Kier molecular flexibility index (Phi) is 6.37. The number of esters is 1. The number of hydrogen-bond acceptors (Lipinski definition) is 4. The summed E-state index contributed by atoms with van der Waals surface area (Å²) in [5.74, 6) is -0.632. The molecular formula is C19H21NO4. The van der Waals surface area contributed by atoms with E-state index in [1.165, 1.54) is 7.11 Å². The lowest BCUT2D eigenvalue weighted by atomic mass is 9.97. The highest BCUT2D eigenvalue weighted by Crippen LogP contribution is 2.23. The molecule has 0 aromatic heterocycles. The SMILES string of the molecule is CCC(C(=O)OCC(=O)Nc1ccccc1OC)c1ccccc1. The van der Waals surface area contributed by atoms with Gasteiger partial charge in [-0.1, -0.05) is 49.4 Å². The number of methoxy groups -OCH3 is 1. The Morgan fingerprint density at radius 1 is 1.04 bits per heavy atom. The number of benzene rings is 2. The number of hydrogen-bond donors (Lipinski definition) is 1. The van der Waals surface area contributed by atoms with Crippen LogP contribution in [-0.2, 0) is 14.3 Å². The van der Waals surface area contributed by atoms with Gasteiger partial charge in [0.1, 0.15) is 5.75 Å². The van der Waals surface area contributed by atoms with E-state index in [0.29, 0.717) is 17.9 Å². The molecule has 5 heteroatoms. The summed E-state index contributed by atoms with van der Waals surface area (Å²) in [5, 5.41) is 2.67. The summed E-state index contributed by atoms with van der Waals surface area (Å²) >= 11 is 0. The third kappa shape index (κ3) is 4.59. The molecule has 5 nitrogen and oxygen atoms in total. The zero-order valence-corrected chi connectivity index (χ0v) is 13.8. The Labute approximate surface area is 141 Å². The van der Waals surface area contributed by atoms with Gasteiger partial charge in [-0.05, 0) is 24.1 Å². The molecule has 2 aromatic rings. The molecule has 0 fully saturated rings. The van der Waals surface area contributed by atoms with E-state index in [4.69, 9.17) is 9.47 Å². The van der Waals surface area contributed by atoms with Gasteiger partial charge >= 0.3 is 5.97 Å². The maximum Gasteiger partial charge on any atom is 0.313 e. The number of carbonyl (C=O) groups excluding carboxylic acids is 2. The van der Waals surface area contributed by atoms with Crippen LogP contribution in [0.25, 0.3) is 0 Å². The number of ether oxygens (including phenoxy) is 2. The molecule has 1 unspecified atom stereocenters. The van der Waals surface area contributed by atoms with Crippen molar-refractivity contribution < 1.29 is 19.1 Å². The first-order chi connectivity index (χ1) is 11.7. The van der Waals surface area contributed by atoms with E-state index in [0.717, 1.165) is 5.56 Å². The van der Waals surface area contributed by atoms with Crippen molar-refractivity contribution in [2.24, 2.45) is 0 Å². The largest absolute Gasteiger partial charge is 0.495 e. The summed E-state index contributed by atoms with van der Waals surface area (Å²) in [5.41, 5.74) is 1.42. The van der Waals surface area contributed by atoms with Crippen LogP contribution in [0.15, 0.2) is 54.6 Å². The van der Waals surface area contributed by atoms with Crippen molar-refractivity contribution in [3.05, 3.63) is 60.2 Å². The number of amides is 1. The van der Waals surface area contributed by atoms with Crippen LogP contribution < -0.4 is 10.1 Å². The zero-order valence-electron chi connectivity index (χ0n) is 13.8. The summed E-state index contributed by atoms with van der Waals surface area (Å²) in [6.45, 7) is 1.58. The molecule has 0 saturated carbocycles. The monoisotopic (exact) mass is 327 g/mol. The first-order valence-electron chi connectivity index (χ1n) is 7.80. The highest BCUT2D eigenvalue weighted by atomic mass is 16.5. The van der Waals surface area contributed by atoms with Gasteiger partial charge in [0, 0.05) is 0 Å². The molecule has 1 N–H and O–H groups in total. The second-order valence-corrected chi connectivity index (χ2v) is 5.23. The minimum Gasteiger partial charge on any atom is -0.495 e. The van der Waals surface area contributed by atoms with E-state index in [2.05, 4.69) is 5.32 Å². The first kappa shape index (κ1) is 17.5. The molecule has 0 aliphatic rings. The molecule has 0 saturated heterocycles. The summed E-state index contributed by atoms with van der Waals surface area (Å²) < 4.78 is 10.3. The van der Waals surface area contributed by atoms with Crippen molar-refractivity contribution in [2.45, 2.75) is 19.3 Å². The van der Waals surface area contributed by atoms with Gasteiger partial charge in [-0.25, -0.2) is 0 Å². The Bertz CT molecular complexity index is 685. The minimum atomic E-state index is -0.407. The Hall–Kier alpha value is -2.82. The lowest BCUT2D eigenvalue weighted by molar-refractivity contribution is -0.149. The maximum atomic E-state index is 12.2. The quantitative estimate of drug-likeness (QED) is 0.792. The highest BCUT2D eigenvalue weighted by Gasteiger charge is 2.21. The number of para-hydroxylation sites is 2. The molecule has 0 bridgehead atoms. The minimum absolute atomic E-state index is 0.333. The van der Waals surface area contributed by atoms with Crippen LogP contribution >= 0.6 is 0 Å². The van der Waals surface area contributed by atoms with Crippen LogP contribution in [0.4, 0.5) is 5.69 Å². The molecule has 0 spiro atoms. The van der Waals surface area contributed by atoms with Crippen LogP contribution in [-0.4, -0.2) is 25.6 Å². The second-order valence-electron chi connectivity index (χ2n) is 5.23. The van der Waals surface area contributed by atoms with Gasteiger partial charge in [0.25, 0.3) is 5.91 Å². The fraction of sp³-hybridized carbons (Fsp3) is 0.263. The Morgan fingerprint density at radius 2 is 1.71 bits per heavy atom. The molecular weight excluding hydrogens is 306 g/mol. The van der Waals surface area contributed by atoms with Crippen molar-refractivity contribution in [1.82, 2.24) is 0 Å². The predicted molar refractivity (Wildman–Crippen MR) is 92.1 cm³/mol. The van der Waals surface area contributed by atoms with Crippen molar-refractivity contribution in [1.29, 1.82) is 0 Å². The van der Waals surface area contributed by atoms with Crippen molar-refractivity contribution in [3.8, 4) is 5.75 Å². The zero-order chi connectivity index (χ0) is 17.4. The lowest BCUT2D eigenvalue weighted by Crippen LogP contribution is -2.24. The number of nitrogens with one attached hydrogen (secondary N) is 1. The summed E-state index contributed by atoms with van der Waals surface area (Å²) in [4.78, 5) is 24.2. The van der Waals surface area contributed by atoms with Crippen LogP contribution in [0.1, 0.15) is 24.8 Å². The molecule has 126 valence electrons. The van der Waals surface area contributed by atoms with E-state index in [9.17, 15) is 9.59 Å². The fourth-order valence-corrected chi connectivity index (χ4v) is 2.40. The topological polar surface area (TPSA) is 64.6 Å². The molecule has 1 amide bonds. The van der Waals surface area contributed by atoms with Gasteiger partial charge < -0.3 is 14.8 Å². The van der Waals surface area contributed by atoms with E-state index < -0.39 is 11.9 Å². The average molecular weight is 327 g/mol. The summed E-state index contributed by atoms with van der Waals surface area (Å²) in [6, 6.07) is 16.4. The third-order valence-electron chi connectivity index (χ3n) is 3.62. The normalized spacial score (nSPS) is 11.4. The van der Waals surface area contributed by atoms with Gasteiger partial charge in [-0.2, -0.15) is 0 Å². The second kappa shape index (κ2) is 8.72. The molecule has 24 heavy (non-hydrogen) atoms. The van der Waals surface area contributed by atoms with E-state index in [1.54, 1.807) is 24.3 Å². The van der Waals surface area contributed by atoms with Crippen LogP contribution in [0, 0.1) is 0 Å². The van der Waals surface area contributed by atoms with E-state index in [-0.39, 0.29) is 12.5 Å². The molecule has 1 atom stereocenters. The van der Waals surface area contributed by atoms with Gasteiger partial charge in [0.05, 0.1) is 18.7 Å². The van der Waals surface area contributed by atoms with Crippen molar-refractivity contribution in [2.75, 3.05) is 19.0 Å². The third-order valence-corrected chi connectivity index (χ3v) is 3.62. The smallest absolute Gasteiger partial charge is 0.313 e. The molecule has 0 aliphatic heterocycles. The van der Waals surface area contributed by atoms with Crippen molar-refractivity contribution in [3.63, 3.8) is 0 Å². The molecule has 0 aliphatic carbocycles. The Balaban J connectivity index is 1.92. The van der Waals surface area contributed by atoms with Crippen LogP contribution in [0.5, 0.6) is 5.75 Å². The molecule has 2 rings (SSSR count). The first-order valence-corrected chi connectivity index (χ1v) is 7.80. The van der Waals surface area contributed by atoms with Crippen LogP contribution in [0.2, 0.25) is 0 Å². The lowest BCUT2D eigenvalue weighted by Gasteiger charge is -2.15. The van der Waals surface area contributed by atoms with Crippen LogP contribution in [0.3, 0.4) is 0 Å². The average Bonchev–Trinajstić information content (AvgIpc) is 2.62. The number of anilines is 1. The molecule has 2 aromatic carbocycles. The highest BCUT2D eigenvalue weighted by molar-refractivity contribution is 5.94. The van der Waals surface area contributed by atoms with Gasteiger partial charge in [-0.15, -0.1) is 0 Å². The van der Waals surface area contributed by atoms with E-state index in [1.807, 2.05) is 37.3 Å². The summed E-state index contributed by atoms with van der Waals surface area (Å²) in [7, 11) is 1.52. The Morgan fingerprint density at radius 3 is 2.38 bits per heavy atom. The number of rotatable bonds is 7. The van der Waals surface area contributed by atoms with Gasteiger partial charge in [-0.3, -0.25) is 9.59 Å². The van der Waals surface area contributed by atoms with Crippen molar-refractivity contribution >= 4 is 17.6 Å². The summed E-state index contributed by atoms with van der Waals surface area (Å²) in [6.07, 6.45) is 0.608.